The molecule has 0 atom stereocenters. The topological polar surface area (TPSA) is 36.9 Å². The van der Waals surface area contributed by atoms with E-state index < -0.39 is 9.05 Å². The molecule has 0 aliphatic rings. The molecular formula is C11H26O4Si. The second-order valence-electron chi connectivity index (χ2n) is 4.20. The van der Waals surface area contributed by atoms with Gasteiger partial charge in [-0.15, -0.1) is 0 Å². The standard InChI is InChI=1S/C11H26O4Si/c1-11(2)9-7-6-8-10-15-16(12-3,13-4)14-5/h11H,6-10H2,1-5H3. The first-order chi connectivity index (χ1) is 7.60. The van der Waals surface area contributed by atoms with Crippen molar-refractivity contribution >= 4 is 9.05 Å². The first kappa shape index (κ1) is 16.1. The molecule has 0 heterocycles. The Hall–Kier alpha value is 0.0569. The number of rotatable bonds is 10. The van der Waals surface area contributed by atoms with E-state index >= 15 is 0 Å². The van der Waals surface area contributed by atoms with E-state index in [-0.39, 0.29) is 0 Å². The fourth-order valence-electron chi connectivity index (χ4n) is 1.46. The fourth-order valence-corrected chi connectivity index (χ4v) is 2.70. The molecule has 0 spiro atoms. The van der Waals surface area contributed by atoms with Gasteiger partial charge in [0.1, 0.15) is 0 Å². The minimum absolute atomic E-state index is 0.639. The monoisotopic (exact) mass is 250 g/mol. The van der Waals surface area contributed by atoms with Gasteiger partial charge < -0.3 is 17.7 Å². The van der Waals surface area contributed by atoms with Gasteiger partial charge in [0.2, 0.25) is 0 Å². The first-order valence-corrected chi connectivity index (χ1v) is 7.53. The lowest BCUT2D eigenvalue weighted by molar-refractivity contribution is 0.00501. The first-order valence-electron chi connectivity index (χ1n) is 5.89. The molecule has 0 aromatic rings. The van der Waals surface area contributed by atoms with Gasteiger partial charge in [0, 0.05) is 27.9 Å². The highest BCUT2D eigenvalue weighted by Gasteiger charge is 2.41. The maximum atomic E-state index is 5.56. The van der Waals surface area contributed by atoms with Crippen LogP contribution >= 0.6 is 0 Å². The van der Waals surface area contributed by atoms with Crippen molar-refractivity contribution in [3.05, 3.63) is 0 Å². The van der Waals surface area contributed by atoms with Gasteiger partial charge in [-0.05, 0) is 12.3 Å². The summed E-state index contributed by atoms with van der Waals surface area (Å²) >= 11 is 0. The highest BCUT2D eigenvalue weighted by atomic mass is 28.4. The van der Waals surface area contributed by atoms with Gasteiger partial charge in [-0.3, -0.25) is 0 Å². The van der Waals surface area contributed by atoms with E-state index in [1.807, 2.05) is 0 Å². The molecule has 0 saturated carbocycles. The predicted molar refractivity (Wildman–Crippen MR) is 66.0 cm³/mol. The molecule has 0 radical (unpaired) electrons. The number of hydrogen-bond acceptors (Lipinski definition) is 4. The van der Waals surface area contributed by atoms with Crippen LogP contribution in [-0.4, -0.2) is 37.0 Å². The van der Waals surface area contributed by atoms with E-state index in [0.29, 0.717) is 6.61 Å². The summed E-state index contributed by atoms with van der Waals surface area (Å²) in [6, 6.07) is 0. The van der Waals surface area contributed by atoms with Crippen molar-refractivity contribution in [3.63, 3.8) is 0 Å². The molecule has 0 amide bonds. The molecular weight excluding hydrogens is 224 g/mol. The van der Waals surface area contributed by atoms with Gasteiger partial charge in [-0.1, -0.05) is 33.1 Å². The predicted octanol–water partition coefficient (Wildman–Crippen LogP) is 2.59. The maximum Gasteiger partial charge on any atom is 0.678 e. The summed E-state index contributed by atoms with van der Waals surface area (Å²) in [6.07, 6.45) is 4.74. The van der Waals surface area contributed by atoms with Crippen LogP contribution in [0.1, 0.15) is 39.5 Å². The van der Waals surface area contributed by atoms with Crippen LogP contribution in [0.4, 0.5) is 0 Å². The molecule has 0 aliphatic heterocycles. The Bertz CT molecular complexity index is 152. The summed E-state index contributed by atoms with van der Waals surface area (Å²) in [6.45, 7) is 5.13. The summed E-state index contributed by atoms with van der Waals surface area (Å²) in [4.78, 5) is 0. The Labute approximate surface area is 101 Å². The Balaban J connectivity index is 3.55. The van der Waals surface area contributed by atoms with Crippen LogP contribution in [0.25, 0.3) is 0 Å². The Kier molecular flexibility index (Phi) is 9.16. The average molecular weight is 250 g/mol. The van der Waals surface area contributed by atoms with Crippen molar-refractivity contribution in [2.75, 3.05) is 27.9 Å². The van der Waals surface area contributed by atoms with Crippen LogP contribution in [0.5, 0.6) is 0 Å². The zero-order chi connectivity index (χ0) is 12.4. The smallest absolute Gasteiger partial charge is 0.355 e. The van der Waals surface area contributed by atoms with Gasteiger partial charge >= 0.3 is 9.05 Å². The van der Waals surface area contributed by atoms with Crippen LogP contribution < -0.4 is 0 Å². The summed E-state index contributed by atoms with van der Waals surface area (Å²) in [7, 11) is 1.86. The molecule has 98 valence electrons. The van der Waals surface area contributed by atoms with Crippen LogP contribution in [0.3, 0.4) is 0 Å². The van der Waals surface area contributed by atoms with Gasteiger partial charge in [0.05, 0.1) is 0 Å². The molecule has 0 fully saturated rings. The highest BCUT2D eigenvalue weighted by molar-refractivity contribution is 6.53. The highest BCUT2D eigenvalue weighted by Crippen LogP contribution is 2.11. The molecule has 0 N–H and O–H groups in total. The van der Waals surface area contributed by atoms with Crippen molar-refractivity contribution < 1.29 is 17.7 Å². The molecule has 4 nitrogen and oxygen atoms in total. The summed E-state index contributed by atoms with van der Waals surface area (Å²) < 4.78 is 21.0. The molecule has 0 saturated heterocycles. The maximum absolute atomic E-state index is 5.56. The van der Waals surface area contributed by atoms with Crippen LogP contribution in [0.15, 0.2) is 0 Å². The van der Waals surface area contributed by atoms with Crippen molar-refractivity contribution in [1.29, 1.82) is 0 Å². The van der Waals surface area contributed by atoms with Crippen LogP contribution in [-0.2, 0) is 17.7 Å². The lowest BCUT2D eigenvalue weighted by Crippen LogP contribution is -2.46. The number of hydrogen-bond donors (Lipinski definition) is 0. The summed E-state index contributed by atoms with van der Waals surface area (Å²) in [5, 5.41) is 0. The van der Waals surface area contributed by atoms with Crippen molar-refractivity contribution in [2.45, 2.75) is 39.5 Å². The zero-order valence-electron chi connectivity index (χ0n) is 11.2. The molecule has 0 aliphatic carbocycles. The molecule has 0 unspecified atom stereocenters. The molecule has 0 aromatic heterocycles. The molecule has 0 bridgehead atoms. The summed E-state index contributed by atoms with van der Waals surface area (Å²) in [5.74, 6) is 0.784. The van der Waals surface area contributed by atoms with Gasteiger partial charge in [-0.25, -0.2) is 0 Å². The van der Waals surface area contributed by atoms with E-state index in [4.69, 9.17) is 17.7 Å². The minimum atomic E-state index is -2.80. The van der Waals surface area contributed by atoms with Gasteiger partial charge in [0.25, 0.3) is 0 Å². The second kappa shape index (κ2) is 9.12. The van der Waals surface area contributed by atoms with Gasteiger partial charge in [-0.2, -0.15) is 0 Å². The number of unbranched alkanes of at least 4 members (excludes halogenated alkanes) is 2. The van der Waals surface area contributed by atoms with E-state index in [9.17, 15) is 0 Å². The van der Waals surface area contributed by atoms with Crippen LogP contribution in [0.2, 0.25) is 0 Å². The van der Waals surface area contributed by atoms with Crippen molar-refractivity contribution in [3.8, 4) is 0 Å². The lowest BCUT2D eigenvalue weighted by atomic mass is 10.1. The molecule has 16 heavy (non-hydrogen) atoms. The summed E-state index contributed by atoms with van der Waals surface area (Å²) in [5.41, 5.74) is 0. The Morgan fingerprint density at radius 3 is 1.88 bits per heavy atom. The second-order valence-corrected chi connectivity index (χ2v) is 6.72. The van der Waals surface area contributed by atoms with Crippen LogP contribution in [0, 0.1) is 5.92 Å². The van der Waals surface area contributed by atoms with Gasteiger partial charge in [0.15, 0.2) is 0 Å². The molecule has 0 rings (SSSR count). The third-order valence-electron chi connectivity index (χ3n) is 2.45. The Morgan fingerprint density at radius 1 is 0.875 bits per heavy atom. The largest absolute Gasteiger partial charge is 0.678 e. The quantitative estimate of drug-likeness (QED) is 0.441. The lowest BCUT2D eigenvalue weighted by Gasteiger charge is -2.22. The molecule has 0 aromatic carbocycles. The average Bonchev–Trinajstić information content (AvgIpc) is 2.29. The van der Waals surface area contributed by atoms with E-state index in [1.54, 1.807) is 21.3 Å². The SMILES string of the molecule is CO[Si](OC)(OC)OCCCCCC(C)C. The third-order valence-corrected chi connectivity index (χ3v) is 4.51. The van der Waals surface area contributed by atoms with E-state index in [1.165, 1.54) is 19.3 Å². The minimum Gasteiger partial charge on any atom is -0.355 e. The van der Waals surface area contributed by atoms with Crippen molar-refractivity contribution in [1.82, 2.24) is 0 Å². The Morgan fingerprint density at radius 2 is 1.44 bits per heavy atom. The zero-order valence-corrected chi connectivity index (χ0v) is 12.2. The molecule has 5 heteroatoms. The van der Waals surface area contributed by atoms with E-state index in [2.05, 4.69) is 13.8 Å². The third kappa shape index (κ3) is 6.60. The van der Waals surface area contributed by atoms with E-state index in [0.717, 1.165) is 12.3 Å². The fraction of sp³-hybridized carbons (Fsp3) is 1.00. The normalized spacial score (nSPS) is 12.4. The van der Waals surface area contributed by atoms with Crippen molar-refractivity contribution in [2.24, 2.45) is 5.92 Å².